The first-order valence-electron chi connectivity index (χ1n) is 9.79. The summed E-state index contributed by atoms with van der Waals surface area (Å²) in [6.45, 7) is 3.31. The SMILES string of the molecule is Cc1ccc(-c2noc(CNC(=O)c3cccc(S(=O)(=O)N4CCOCC4)c3)n2)cc1. The van der Waals surface area contributed by atoms with Gasteiger partial charge in [-0.3, -0.25) is 4.79 Å². The number of ether oxygens (including phenoxy) is 1. The molecule has 0 aliphatic carbocycles. The van der Waals surface area contributed by atoms with Gasteiger partial charge in [-0.05, 0) is 25.1 Å². The van der Waals surface area contributed by atoms with Gasteiger partial charge in [0, 0.05) is 24.2 Å². The molecule has 162 valence electrons. The molecular weight excluding hydrogens is 420 g/mol. The lowest BCUT2D eigenvalue weighted by atomic mass is 10.1. The van der Waals surface area contributed by atoms with E-state index in [-0.39, 0.29) is 22.9 Å². The third-order valence-corrected chi connectivity index (χ3v) is 6.78. The molecule has 1 fully saturated rings. The summed E-state index contributed by atoms with van der Waals surface area (Å²) in [7, 11) is -3.68. The van der Waals surface area contributed by atoms with Crippen LogP contribution in [0, 0.1) is 6.92 Å². The lowest BCUT2D eigenvalue weighted by Gasteiger charge is -2.26. The number of sulfonamides is 1. The van der Waals surface area contributed by atoms with E-state index in [0.717, 1.165) is 11.1 Å². The maximum absolute atomic E-state index is 12.8. The van der Waals surface area contributed by atoms with Crippen molar-refractivity contribution in [2.24, 2.45) is 0 Å². The molecular formula is C21H22N4O5S. The highest BCUT2D eigenvalue weighted by atomic mass is 32.2. The van der Waals surface area contributed by atoms with Gasteiger partial charge < -0.3 is 14.6 Å². The Morgan fingerprint density at radius 2 is 1.87 bits per heavy atom. The zero-order chi connectivity index (χ0) is 21.8. The van der Waals surface area contributed by atoms with Crippen molar-refractivity contribution < 1.29 is 22.5 Å². The Kier molecular flexibility index (Phi) is 6.12. The number of hydrogen-bond donors (Lipinski definition) is 1. The second-order valence-corrected chi connectivity index (χ2v) is 9.04. The first kappa shape index (κ1) is 21.2. The van der Waals surface area contributed by atoms with E-state index in [1.54, 1.807) is 12.1 Å². The number of aryl methyl sites for hydroxylation is 1. The lowest BCUT2D eigenvalue weighted by molar-refractivity contribution is 0.0730. The van der Waals surface area contributed by atoms with Crippen LogP contribution in [0.5, 0.6) is 0 Å². The second-order valence-electron chi connectivity index (χ2n) is 7.10. The van der Waals surface area contributed by atoms with Gasteiger partial charge in [0.05, 0.1) is 24.7 Å². The number of benzene rings is 2. The van der Waals surface area contributed by atoms with Crippen LogP contribution in [-0.4, -0.2) is 55.1 Å². The van der Waals surface area contributed by atoms with Crippen molar-refractivity contribution >= 4 is 15.9 Å². The van der Waals surface area contributed by atoms with Crippen LogP contribution in [-0.2, 0) is 21.3 Å². The van der Waals surface area contributed by atoms with Crippen molar-refractivity contribution in [2.45, 2.75) is 18.4 Å². The number of aromatic nitrogens is 2. The quantitative estimate of drug-likeness (QED) is 0.621. The Balaban J connectivity index is 1.42. The van der Waals surface area contributed by atoms with Gasteiger partial charge in [-0.25, -0.2) is 8.42 Å². The first-order chi connectivity index (χ1) is 14.9. The van der Waals surface area contributed by atoms with Crippen molar-refractivity contribution in [1.29, 1.82) is 0 Å². The molecule has 31 heavy (non-hydrogen) atoms. The van der Waals surface area contributed by atoms with E-state index >= 15 is 0 Å². The Labute approximate surface area is 180 Å². The van der Waals surface area contributed by atoms with Crippen LogP contribution in [0.1, 0.15) is 21.8 Å². The number of rotatable bonds is 6. The van der Waals surface area contributed by atoms with Crippen LogP contribution in [0.3, 0.4) is 0 Å². The van der Waals surface area contributed by atoms with Crippen molar-refractivity contribution in [1.82, 2.24) is 19.8 Å². The minimum absolute atomic E-state index is 0.0259. The topological polar surface area (TPSA) is 115 Å². The Morgan fingerprint density at radius 1 is 1.13 bits per heavy atom. The highest BCUT2D eigenvalue weighted by molar-refractivity contribution is 7.89. The number of hydrogen-bond acceptors (Lipinski definition) is 7. The van der Waals surface area contributed by atoms with E-state index in [2.05, 4.69) is 15.5 Å². The van der Waals surface area contributed by atoms with Gasteiger partial charge in [0.1, 0.15) is 0 Å². The molecule has 4 rings (SSSR count). The summed E-state index contributed by atoms with van der Waals surface area (Å²) >= 11 is 0. The smallest absolute Gasteiger partial charge is 0.251 e. The van der Waals surface area contributed by atoms with Crippen molar-refractivity contribution in [3.05, 3.63) is 65.5 Å². The molecule has 1 aliphatic heterocycles. The Bertz CT molecular complexity index is 1170. The molecule has 1 saturated heterocycles. The average Bonchev–Trinajstić information content (AvgIpc) is 3.27. The number of carbonyl (C=O) groups is 1. The summed E-state index contributed by atoms with van der Waals surface area (Å²) in [5.41, 5.74) is 2.16. The van der Waals surface area contributed by atoms with Gasteiger partial charge in [0.2, 0.25) is 21.7 Å². The summed E-state index contributed by atoms with van der Waals surface area (Å²) in [6, 6.07) is 13.6. The fourth-order valence-corrected chi connectivity index (χ4v) is 4.59. The minimum atomic E-state index is -3.68. The largest absolute Gasteiger partial charge is 0.379 e. The predicted molar refractivity (Wildman–Crippen MR) is 112 cm³/mol. The van der Waals surface area contributed by atoms with Crippen LogP contribution < -0.4 is 5.32 Å². The molecule has 10 heteroatoms. The number of amides is 1. The average molecular weight is 442 g/mol. The Hall–Kier alpha value is -3.08. The summed E-state index contributed by atoms with van der Waals surface area (Å²) in [5, 5.41) is 6.62. The van der Waals surface area contributed by atoms with E-state index in [4.69, 9.17) is 9.26 Å². The zero-order valence-corrected chi connectivity index (χ0v) is 17.8. The molecule has 0 unspecified atom stereocenters. The molecule has 2 aromatic carbocycles. The molecule has 0 bridgehead atoms. The summed E-state index contributed by atoms with van der Waals surface area (Å²) in [4.78, 5) is 16.9. The number of nitrogens with zero attached hydrogens (tertiary/aromatic N) is 3. The third-order valence-electron chi connectivity index (χ3n) is 4.88. The maximum atomic E-state index is 12.8. The third kappa shape index (κ3) is 4.82. The van der Waals surface area contributed by atoms with E-state index in [1.807, 2.05) is 31.2 Å². The van der Waals surface area contributed by atoms with Gasteiger partial charge in [-0.2, -0.15) is 9.29 Å². The monoisotopic (exact) mass is 442 g/mol. The van der Waals surface area contributed by atoms with Crippen molar-refractivity contribution in [3.8, 4) is 11.4 Å². The molecule has 1 aromatic heterocycles. The summed E-state index contributed by atoms with van der Waals surface area (Å²) in [6.07, 6.45) is 0. The van der Waals surface area contributed by atoms with E-state index in [0.29, 0.717) is 32.1 Å². The summed E-state index contributed by atoms with van der Waals surface area (Å²) in [5.74, 6) is 0.248. The highest BCUT2D eigenvalue weighted by Crippen LogP contribution is 2.19. The van der Waals surface area contributed by atoms with Crippen LogP contribution in [0.25, 0.3) is 11.4 Å². The number of nitrogens with one attached hydrogen (secondary N) is 1. The first-order valence-corrected chi connectivity index (χ1v) is 11.2. The molecule has 0 radical (unpaired) electrons. The molecule has 1 aliphatic rings. The van der Waals surface area contributed by atoms with Gasteiger partial charge in [-0.15, -0.1) is 0 Å². The van der Waals surface area contributed by atoms with Crippen LogP contribution >= 0.6 is 0 Å². The molecule has 1 amide bonds. The molecule has 0 atom stereocenters. The molecule has 1 N–H and O–H groups in total. The van der Waals surface area contributed by atoms with Gasteiger partial charge in [-0.1, -0.05) is 41.1 Å². The summed E-state index contributed by atoms with van der Waals surface area (Å²) < 4.78 is 37.4. The van der Waals surface area contributed by atoms with Gasteiger partial charge in [0.15, 0.2) is 0 Å². The molecule has 3 aromatic rings. The van der Waals surface area contributed by atoms with E-state index in [9.17, 15) is 13.2 Å². The standard InChI is InChI=1S/C21H22N4O5S/c1-15-5-7-16(8-6-15)20-23-19(30-24-20)14-22-21(26)17-3-2-4-18(13-17)31(27,28)25-9-11-29-12-10-25/h2-8,13H,9-12,14H2,1H3,(H,22,26). The van der Waals surface area contributed by atoms with Crippen LogP contribution in [0.2, 0.25) is 0 Å². The lowest BCUT2D eigenvalue weighted by Crippen LogP contribution is -2.40. The van der Waals surface area contributed by atoms with Crippen molar-refractivity contribution in [2.75, 3.05) is 26.3 Å². The van der Waals surface area contributed by atoms with Crippen LogP contribution in [0.4, 0.5) is 0 Å². The van der Waals surface area contributed by atoms with E-state index in [1.165, 1.54) is 16.4 Å². The molecule has 2 heterocycles. The van der Waals surface area contributed by atoms with Crippen molar-refractivity contribution in [3.63, 3.8) is 0 Å². The predicted octanol–water partition coefficient (Wildman–Crippen LogP) is 2.00. The molecule has 0 saturated carbocycles. The van der Waals surface area contributed by atoms with Gasteiger partial charge >= 0.3 is 0 Å². The second kappa shape index (κ2) is 8.96. The van der Waals surface area contributed by atoms with Crippen LogP contribution in [0.15, 0.2) is 57.9 Å². The highest BCUT2D eigenvalue weighted by Gasteiger charge is 2.27. The number of carbonyl (C=O) groups excluding carboxylic acids is 1. The molecule has 9 nitrogen and oxygen atoms in total. The van der Waals surface area contributed by atoms with E-state index < -0.39 is 15.9 Å². The van der Waals surface area contributed by atoms with Gasteiger partial charge in [0.25, 0.3) is 5.91 Å². The number of morpholine rings is 1. The minimum Gasteiger partial charge on any atom is -0.379 e. The molecule has 0 spiro atoms. The zero-order valence-electron chi connectivity index (χ0n) is 16.9. The fourth-order valence-electron chi connectivity index (χ4n) is 3.14. The fraction of sp³-hybridized carbons (Fsp3) is 0.286. The maximum Gasteiger partial charge on any atom is 0.251 e. The Morgan fingerprint density at radius 3 is 2.61 bits per heavy atom. The normalized spacial score (nSPS) is 15.0.